The highest BCUT2D eigenvalue weighted by molar-refractivity contribution is 5.74. The highest BCUT2D eigenvalue weighted by Crippen LogP contribution is 2.33. The van der Waals surface area contributed by atoms with Gasteiger partial charge < -0.3 is 20.1 Å². The van der Waals surface area contributed by atoms with Gasteiger partial charge in [0.15, 0.2) is 0 Å². The number of hydrogen-bond donors (Lipinski definition) is 2. The Bertz CT molecular complexity index is 345. The number of aliphatic hydroxyl groups is 1. The second kappa shape index (κ2) is 8.73. The molecule has 1 atom stereocenters. The van der Waals surface area contributed by atoms with Crippen LogP contribution in [0, 0.1) is 11.3 Å². The Morgan fingerprint density at radius 3 is 2.77 bits per heavy atom. The fourth-order valence-electron chi connectivity index (χ4n) is 3.85. The van der Waals surface area contributed by atoms with E-state index in [0.29, 0.717) is 19.1 Å². The molecule has 1 unspecified atom stereocenters. The summed E-state index contributed by atoms with van der Waals surface area (Å²) in [7, 11) is 1.68. The molecule has 2 rings (SSSR count). The molecule has 128 valence electrons. The number of nitrogens with one attached hydrogen (secondary N) is 1. The van der Waals surface area contributed by atoms with Crippen LogP contribution >= 0.6 is 0 Å². The molecule has 2 N–H and O–H groups in total. The van der Waals surface area contributed by atoms with Crippen LogP contribution in [0.3, 0.4) is 0 Å². The first-order valence-electron chi connectivity index (χ1n) is 8.82. The molecule has 1 heterocycles. The van der Waals surface area contributed by atoms with E-state index < -0.39 is 0 Å². The van der Waals surface area contributed by atoms with Crippen molar-refractivity contribution in [3.05, 3.63) is 0 Å². The van der Waals surface area contributed by atoms with Crippen LogP contribution in [0.4, 0.5) is 4.79 Å². The lowest BCUT2D eigenvalue weighted by Gasteiger charge is -2.42. The van der Waals surface area contributed by atoms with Gasteiger partial charge in [0, 0.05) is 38.8 Å². The van der Waals surface area contributed by atoms with Crippen molar-refractivity contribution in [3.63, 3.8) is 0 Å². The average Bonchev–Trinajstić information content (AvgIpc) is 2.59. The van der Waals surface area contributed by atoms with Crippen LogP contribution in [0.25, 0.3) is 0 Å². The molecule has 0 spiro atoms. The zero-order chi connectivity index (χ0) is 15.8. The number of aliphatic hydroxyl groups excluding tert-OH is 1. The molecule has 0 radical (unpaired) electrons. The summed E-state index contributed by atoms with van der Waals surface area (Å²) in [5, 5.41) is 12.9. The summed E-state index contributed by atoms with van der Waals surface area (Å²) in [5.41, 5.74) is -0.184. The Kier molecular flexibility index (Phi) is 6.96. The van der Waals surface area contributed by atoms with Crippen molar-refractivity contribution in [1.29, 1.82) is 0 Å². The summed E-state index contributed by atoms with van der Waals surface area (Å²) in [6, 6.07) is 0.0421. The molecule has 0 bridgehead atoms. The van der Waals surface area contributed by atoms with Crippen molar-refractivity contribution in [1.82, 2.24) is 10.2 Å². The topological polar surface area (TPSA) is 61.8 Å². The molecule has 1 aliphatic heterocycles. The Hall–Kier alpha value is -0.810. The molecule has 1 aliphatic carbocycles. The van der Waals surface area contributed by atoms with Gasteiger partial charge in [-0.2, -0.15) is 0 Å². The molecule has 2 fully saturated rings. The predicted octanol–water partition coefficient (Wildman–Crippen LogP) is 2.39. The van der Waals surface area contributed by atoms with Gasteiger partial charge in [-0.25, -0.2) is 4.79 Å². The van der Waals surface area contributed by atoms with Crippen LogP contribution in [0.5, 0.6) is 0 Å². The smallest absolute Gasteiger partial charge is 0.317 e. The molecular formula is C17H32N2O3. The van der Waals surface area contributed by atoms with Gasteiger partial charge in [0.1, 0.15) is 0 Å². The normalized spacial score (nSPS) is 26.9. The molecule has 1 saturated carbocycles. The fourth-order valence-corrected chi connectivity index (χ4v) is 3.85. The lowest BCUT2D eigenvalue weighted by Crippen LogP contribution is -2.52. The van der Waals surface area contributed by atoms with Crippen LogP contribution < -0.4 is 5.32 Å². The van der Waals surface area contributed by atoms with Crippen molar-refractivity contribution < 1.29 is 14.6 Å². The minimum Gasteiger partial charge on any atom is -0.396 e. The van der Waals surface area contributed by atoms with Gasteiger partial charge in [0.05, 0.1) is 6.61 Å². The molecule has 1 saturated heterocycles. The third-order valence-electron chi connectivity index (χ3n) is 5.39. The summed E-state index contributed by atoms with van der Waals surface area (Å²) in [6.45, 7) is 3.01. The quantitative estimate of drug-likeness (QED) is 0.791. The minimum absolute atomic E-state index is 0.0421. The van der Waals surface area contributed by atoms with Crippen molar-refractivity contribution in [2.45, 2.75) is 51.4 Å². The van der Waals surface area contributed by atoms with Crippen molar-refractivity contribution in [3.8, 4) is 0 Å². The van der Waals surface area contributed by atoms with Crippen LogP contribution in [-0.2, 0) is 4.74 Å². The molecule has 5 nitrogen and oxygen atoms in total. The Balaban J connectivity index is 1.80. The maximum Gasteiger partial charge on any atom is 0.317 e. The molecule has 0 aromatic heterocycles. The maximum atomic E-state index is 12.4. The largest absolute Gasteiger partial charge is 0.396 e. The lowest BCUT2D eigenvalue weighted by molar-refractivity contribution is 0.0199. The SMILES string of the molecule is COCCC1(CO)CCCN(C(=O)NCC2CCCCC2)C1. The van der Waals surface area contributed by atoms with Crippen LogP contribution in [-0.4, -0.2) is 56.0 Å². The second-order valence-corrected chi connectivity index (χ2v) is 7.12. The number of rotatable bonds is 6. The van der Waals surface area contributed by atoms with E-state index in [-0.39, 0.29) is 18.1 Å². The van der Waals surface area contributed by atoms with Crippen LogP contribution in [0.15, 0.2) is 0 Å². The molecule has 22 heavy (non-hydrogen) atoms. The number of methoxy groups -OCH3 is 1. The monoisotopic (exact) mass is 312 g/mol. The highest BCUT2D eigenvalue weighted by Gasteiger charge is 2.36. The van der Waals surface area contributed by atoms with Gasteiger partial charge in [-0.1, -0.05) is 19.3 Å². The fraction of sp³-hybridized carbons (Fsp3) is 0.941. The first-order chi connectivity index (χ1) is 10.7. The maximum absolute atomic E-state index is 12.4. The van der Waals surface area contributed by atoms with E-state index in [9.17, 15) is 9.90 Å². The zero-order valence-electron chi connectivity index (χ0n) is 14.0. The summed E-state index contributed by atoms with van der Waals surface area (Å²) in [6.07, 6.45) is 9.18. The van der Waals surface area contributed by atoms with Gasteiger partial charge in [-0.05, 0) is 38.0 Å². The number of carbonyl (C=O) groups is 1. The third-order valence-corrected chi connectivity index (χ3v) is 5.39. The van der Waals surface area contributed by atoms with Crippen molar-refractivity contribution in [2.75, 3.05) is 40.0 Å². The number of piperidine rings is 1. The first kappa shape index (κ1) is 17.5. The summed E-state index contributed by atoms with van der Waals surface area (Å²) in [5.74, 6) is 0.651. The molecule has 0 aromatic rings. The number of ether oxygens (including phenoxy) is 1. The van der Waals surface area contributed by atoms with Crippen LogP contribution in [0.1, 0.15) is 51.4 Å². The van der Waals surface area contributed by atoms with E-state index in [2.05, 4.69) is 5.32 Å². The lowest BCUT2D eigenvalue weighted by atomic mass is 9.78. The van der Waals surface area contributed by atoms with E-state index >= 15 is 0 Å². The molecular weight excluding hydrogens is 280 g/mol. The molecule has 5 heteroatoms. The molecule has 2 amide bonds. The highest BCUT2D eigenvalue weighted by atomic mass is 16.5. The standard InChI is InChI=1S/C17H32N2O3/c1-22-11-9-17(14-20)8-5-10-19(13-17)16(21)18-12-15-6-3-2-4-7-15/h15,20H,2-14H2,1H3,(H,18,21). The first-order valence-corrected chi connectivity index (χ1v) is 8.82. The second-order valence-electron chi connectivity index (χ2n) is 7.12. The summed E-state index contributed by atoms with van der Waals surface area (Å²) in [4.78, 5) is 14.3. The summed E-state index contributed by atoms with van der Waals surface area (Å²) >= 11 is 0. The summed E-state index contributed by atoms with van der Waals surface area (Å²) < 4.78 is 5.16. The van der Waals surface area contributed by atoms with E-state index in [1.54, 1.807) is 7.11 Å². The van der Waals surface area contributed by atoms with Gasteiger partial charge in [0.25, 0.3) is 0 Å². The van der Waals surface area contributed by atoms with E-state index in [4.69, 9.17) is 4.74 Å². The number of urea groups is 1. The Labute approximate surface area is 134 Å². The van der Waals surface area contributed by atoms with Crippen molar-refractivity contribution in [2.24, 2.45) is 11.3 Å². The number of amides is 2. The number of nitrogens with zero attached hydrogens (tertiary/aromatic N) is 1. The van der Waals surface area contributed by atoms with E-state index in [0.717, 1.165) is 32.4 Å². The molecule has 0 aromatic carbocycles. The zero-order valence-corrected chi connectivity index (χ0v) is 14.0. The van der Waals surface area contributed by atoms with Gasteiger partial charge in [0.2, 0.25) is 0 Å². The number of carbonyl (C=O) groups excluding carboxylic acids is 1. The molecule has 2 aliphatic rings. The predicted molar refractivity (Wildman–Crippen MR) is 86.8 cm³/mol. The van der Waals surface area contributed by atoms with Gasteiger partial charge in [-0.15, -0.1) is 0 Å². The van der Waals surface area contributed by atoms with Crippen molar-refractivity contribution >= 4 is 6.03 Å². The van der Waals surface area contributed by atoms with Gasteiger partial charge in [-0.3, -0.25) is 0 Å². The number of hydrogen-bond acceptors (Lipinski definition) is 3. The van der Waals surface area contributed by atoms with E-state index in [1.807, 2.05) is 4.90 Å². The Morgan fingerprint density at radius 1 is 1.32 bits per heavy atom. The van der Waals surface area contributed by atoms with Gasteiger partial charge >= 0.3 is 6.03 Å². The van der Waals surface area contributed by atoms with Crippen LogP contribution in [0.2, 0.25) is 0 Å². The van der Waals surface area contributed by atoms with E-state index in [1.165, 1.54) is 32.1 Å². The third kappa shape index (κ3) is 4.85. The Morgan fingerprint density at radius 2 is 2.09 bits per heavy atom. The minimum atomic E-state index is -0.184. The number of likely N-dealkylation sites (tertiary alicyclic amines) is 1. The average molecular weight is 312 g/mol.